The van der Waals surface area contributed by atoms with Gasteiger partial charge in [0.2, 0.25) is 0 Å². The minimum Gasteiger partial charge on any atom is -0.310 e. The number of nitrogens with one attached hydrogen (secondary N) is 1. The van der Waals surface area contributed by atoms with Crippen molar-refractivity contribution in [3.8, 4) is 0 Å². The maximum atomic E-state index is 6.01. The third-order valence-corrected chi connectivity index (χ3v) is 3.98. The van der Waals surface area contributed by atoms with Gasteiger partial charge in [0, 0.05) is 28.6 Å². The Hall–Kier alpha value is -0.900. The van der Waals surface area contributed by atoms with Crippen LogP contribution in [-0.4, -0.2) is 11.5 Å². The van der Waals surface area contributed by atoms with Crippen LogP contribution in [0.4, 0.5) is 0 Å². The van der Waals surface area contributed by atoms with Gasteiger partial charge in [-0.25, -0.2) is 0 Å². The number of aromatic nitrogens is 1. The highest BCUT2D eigenvalue weighted by atomic mass is 35.5. The van der Waals surface area contributed by atoms with E-state index >= 15 is 0 Å². The summed E-state index contributed by atoms with van der Waals surface area (Å²) in [7, 11) is 0. The number of hydrogen-bond donors (Lipinski definition) is 1. The molecule has 0 fully saturated rings. The van der Waals surface area contributed by atoms with Crippen molar-refractivity contribution in [3.05, 3.63) is 50.9 Å². The molecule has 1 aromatic heterocycles. The summed E-state index contributed by atoms with van der Waals surface area (Å²) in [5, 5.41) is 4.33. The van der Waals surface area contributed by atoms with Crippen LogP contribution in [0.2, 0.25) is 5.02 Å². The monoisotopic (exact) mass is 280 g/mol. The molecule has 1 heterocycles. The van der Waals surface area contributed by atoms with Crippen LogP contribution < -0.4 is 5.32 Å². The highest BCUT2D eigenvalue weighted by Crippen LogP contribution is 2.25. The van der Waals surface area contributed by atoms with Gasteiger partial charge in [-0.2, -0.15) is 0 Å². The fourth-order valence-electron chi connectivity index (χ4n) is 2.11. The van der Waals surface area contributed by atoms with Crippen LogP contribution in [0.15, 0.2) is 29.9 Å². The molecule has 0 aliphatic rings. The molecule has 0 aliphatic carbocycles. The van der Waals surface area contributed by atoms with Gasteiger partial charge in [-0.05, 0) is 36.7 Å². The molecule has 0 bridgehead atoms. The van der Waals surface area contributed by atoms with E-state index in [1.54, 1.807) is 11.3 Å². The summed E-state index contributed by atoms with van der Waals surface area (Å²) >= 11 is 7.72. The van der Waals surface area contributed by atoms with Crippen molar-refractivity contribution in [2.45, 2.75) is 26.3 Å². The minimum absolute atomic E-state index is 0.327. The van der Waals surface area contributed by atoms with E-state index in [1.807, 2.05) is 23.8 Å². The molecule has 1 atom stereocenters. The smallest absolute Gasteiger partial charge is 0.0794 e. The first-order chi connectivity index (χ1) is 8.70. The predicted octanol–water partition coefficient (Wildman–Crippen LogP) is 4.00. The number of nitrogens with zero attached hydrogens (tertiary/aromatic N) is 1. The van der Waals surface area contributed by atoms with Crippen LogP contribution in [0, 0.1) is 6.92 Å². The van der Waals surface area contributed by atoms with Crippen molar-refractivity contribution in [2.75, 3.05) is 6.54 Å². The van der Waals surface area contributed by atoms with Crippen LogP contribution in [0.25, 0.3) is 0 Å². The lowest BCUT2D eigenvalue weighted by atomic mass is 9.98. The average Bonchev–Trinajstić information content (AvgIpc) is 2.81. The van der Waals surface area contributed by atoms with Crippen molar-refractivity contribution in [3.63, 3.8) is 0 Å². The molecule has 1 aromatic carbocycles. The van der Waals surface area contributed by atoms with Crippen LogP contribution >= 0.6 is 22.9 Å². The third-order valence-electron chi connectivity index (χ3n) is 2.95. The first-order valence-electron chi connectivity index (χ1n) is 6.07. The summed E-state index contributed by atoms with van der Waals surface area (Å²) in [6.07, 6.45) is 2.92. The van der Waals surface area contributed by atoms with E-state index in [1.165, 1.54) is 16.0 Å². The molecule has 96 valence electrons. The zero-order valence-corrected chi connectivity index (χ0v) is 12.2. The van der Waals surface area contributed by atoms with Gasteiger partial charge in [-0.3, -0.25) is 4.98 Å². The predicted molar refractivity (Wildman–Crippen MR) is 78.4 cm³/mol. The van der Waals surface area contributed by atoms with Gasteiger partial charge in [0.05, 0.1) is 5.51 Å². The molecule has 2 rings (SSSR count). The maximum absolute atomic E-state index is 6.01. The second-order valence-corrected chi connectivity index (χ2v) is 5.69. The number of aryl methyl sites for hydroxylation is 1. The summed E-state index contributed by atoms with van der Waals surface area (Å²) in [5.74, 6) is 0. The highest BCUT2D eigenvalue weighted by Gasteiger charge is 2.14. The Labute approximate surface area is 117 Å². The quantitative estimate of drug-likeness (QED) is 0.895. The number of hydrogen-bond acceptors (Lipinski definition) is 3. The zero-order chi connectivity index (χ0) is 13.0. The van der Waals surface area contributed by atoms with Crippen molar-refractivity contribution in [1.29, 1.82) is 0 Å². The van der Waals surface area contributed by atoms with E-state index in [0.717, 1.165) is 18.0 Å². The second kappa shape index (κ2) is 6.32. The van der Waals surface area contributed by atoms with Crippen LogP contribution in [0.5, 0.6) is 0 Å². The number of benzene rings is 1. The summed E-state index contributed by atoms with van der Waals surface area (Å²) in [6.45, 7) is 5.19. The Morgan fingerprint density at radius 3 is 2.89 bits per heavy atom. The van der Waals surface area contributed by atoms with Gasteiger partial charge in [0.25, 0.3) is 0 Å². The lowest BCUT2D eigenvalue weighted by Gasteiger charge is -2.19. The molecule has 4 heteroatoms. The summed E-state index contributed by atoms with van der Waals surface area (Å²) in [5.41, 5.74) is 4.43. The molecule has 0 radical (unpaired) electrons. The average molecular weight is 281 g/mol. The molecule has 2 aromatic rings. The second-order valence-electron chi connectivity index (χ2n) is 4.28. The van der Waals surface area contributed by atoms with Gasteiger partial charge in [-0.1, -0.05) is 24.6 Å². The third kappa shape index (κ3) is 3.31. The van der Waals surface area contributed by atoms with Gasteiger partial charge < -0.3 is 5.32 Å². The minimum atomic E-state index is 0.327. The number of thiazole rings is 1. The Morgan fingerprint density at radius 1 is 1.44 bits per heavy atom. The van der Waals surface area contributed by atoms with Crippen molar-refractivity contribution >= 4 is 22.9 Å². The number of halogens is 1. The molecule has 1 unspecified atom stereocenters. The molecule has 2 nitrogen and oxygen atoms in total. The normalized spacial score (nSPS) is 12.6. The Morgan fingerprint density at radius 2 is 2.28 bits per heavy atom. The van der Waals surface area contributed by atoms with E-state index in [9.17, 15) is 0 Å². The Bertz CT molecular complexity index is 497. The first-order valence-corrected chi connectivity index (χ1v) is 7.33. The van der Waals surface area contributed by atoms with Gasteiger partial charge in [0.1, 0.15) is 0 Å². The molecule has 0 saturated heterocycles. The number of rotatable bonds is 5. The van der Waals surface area contributed by atoms with E-state index < -0.39 is 0 Å². The molecular formula is C14H17ClN2S. The number of likely N-dealkylation sites (N-methyl/N-ethyl adjacent to an activating group) is 1. The lowest BCUT2D eigenvalue weighted by Crippen LogP contribution is -2.23. The molecular weight excluding hydrogens is 264 g/mol. The van der Waals surface area contributed by atoms with E-state index in [2.05, 4.69) is 30.2 Å². The molecule has 0 saturated carbocycles. The summed E-state index contributed by atoms with van der Waals surface area (Å²) in [4.78, 5) is 5.44. The summed E-state index contributed by atoms with van der Waals surface area (Å²) in [6, 6.07) is 6.42. The molecule has 0 aliphatic heterocycles. The van der Waals surface area contributed by atoms with Crippen molar-refractivity contribution < 1.29 is 0 Å². The molecule has 0 spiro atoms. The Balaban J connectivity index is 2.23. The fourth-order valence-corrected chi connectivity index (χ4v) is 2.98. The highest BCUT2D eigenvalue weighted by molar-refractivity contribution is 7.09. The van der Waals surface area contributed by atoms with Crippen LogP contribution in [0.1, 0.15) is 29.0 Å². The molecule has 0 amide bonds. The lowest BCUT2D eigenvalue weighted by molar-refractivity contribution is 0.550. The van der Waals surface area contributed by atoms with Crippen molar-refractivity contribution in [1.82, 2.24) is 10.3 Å². The van der Waals surface area contributed by atoms with Gasteiger partial charge in [-0.15, -0.1) is 11.3 Å². The molecule has 1 N–H and O–H groups in total. The molecule has 18 heavy (non-hydrogen) atoms. The first kappa shape index (κ1) is 13.5. The van der Waals surface area contributed by atoms with E-state index in [-0.39, 0.29) is 0 Å². The summed E-state index contributed by atoms with van der Waals surface area (Å²) < 4.78 is 0. The van der Waals surface area contributed by atoms with E-state index in [4.69, 9.17) is 11.6 Å². The van der Waals surface area contributed by atoms with Crippen LogP contribution in [-0.2, 0) is 6.42 Å². The zero-order valence-electron chi connectivity index (χ0n) is 10.6. The van der Waals surface area contributed by atoms with Gasteiger partial charge >= 0.3 is 0 Å². The Kier molecular flexibility index (Phi) is 4.75. The van der Waals surface area contributed by atoms with Gasteiger partial charge in [0.15, 0.2) is 0 Å². The largest absolute Gasteiger partial charge is 0.310 e. The topological polar surface area (TPSA) is 24.9 Å². The van der Waals surface area contributed by atoms with E-state index in [0.29, 0.717) is 6.04 Å². The SMILES string of the molecule is CCNC(Cc1cncs1)c1ccc(Cl)cc1C. The standard InChI is InChI=1S/C14H17ClN2S/c1-3-17-14(7-12-8-16-9-18-12)13-5-4-11(15)6-10(13)2/h4-6,8-9,14,17H,3,7H2,1-2H3. The van der Waals surface area contributed by atoms with Crippen molar-refractivity contribution in [2.24, 2.45) is 0 Å². The maximum Gasteiger partial charge on any atom is 0.0794 e. The fraction of sp³-hybridized carbons (Fsp3) is 0.357. The van der Waals surface area contributed by atoms with Crippen LogP contribution in [0.3, 0.4) is 0 Å².